The van der Waals surface area contributed by atoms with Crippen LogP contribution in [0.25, 0.3) is 0 Å². The van der Waals surface area contributed by atoms with Crippen LogP contribution in [0.4, 0.5) is 0 Å². The minimum atomic E-state index is -0.515. The summed E-state index contributed by atoms with van der Waals surface area (Å²) < 4.78 is 0. The molecule has 0 saturated carbocycles. The van der Waals surface area contributed by atoms with Crippen molar-refractivity contribution >= 4 is 5.91 Å². The molecule has 0 aliphatic heterocycles. The summed E-state index contributed by atoms with van der Waals surface area (Å²) in [6.07, 6.45) is 0.554. The topological polar surface area (TPSA) is 79.2 Å². The van der Waals surface area contributed by atoms with Crippen molar-refractivity contribution in [3.8, 4) is 0 Å². The van der Waals surface area contributed by atoms with E-state index >= 15 is 0 Å². The van der Waals surface area contributed by atoms with Crippen LogP contribution in [0, 0.1) is 0 Å². The number of carbonyl (C=O) groups excluding carboxylic acids is 1. The molecule has 19 heavy (non-hydrogen) atoms. The highest BCUT2D eigenvalue weighted by molar-refractivity contribution is 5.82. The Morgan fingerprint density at radius 3 is 2.26 bits per heavy atom. The molecule has 1 amide bonds. The number of amides is 1. The Bertz CT molecular complexity index is 363. The highest BCUT2D eigenvalue weighted by atomic mass is 16.2. The van der Waals surface area contributed by atoms with Crippen LogP contribution >= 0.6 is 0 Å². The number of hydrogen-bond donors (Lipinski definition) is 4. The maximum absolute atomic E-state index is 12.0. The summed E-state index contributed by atoms with van der Waals surface area (Å²) in [6.45, 7) is 1.43. The van der Waals surface area contributed by atoms with Crippen LogP contribution < -0.4 is 21.7 Å². The van der Waals surface area contributed by atoms with Crippen LogP contribution in [0.2, 0.25) is 0 Å². The molecule has 1 atom stereocenters. The van der Waals surface area contributed by atoms with Gasteiger partial charge in [0.05, 0.1) is 12.1 Å². The van der Waals surface area contributed by atoms with Crippen molar-refractivity contribution in [2.24, 2.45) is 5.73 Å². The van der Waals surface area contributed by atoms with Crippen LogP contribution in [0.5, 0.6) is 0 Å². The van der Waals surface area contributed by atoms with Crippen molar-refractivity contribution in [1.82, 2.24) is 16.0 Å². The first-order valence-corrected chi connectivity index (χ1v) is 6.56. The molecule has 0 heterocycles. The highest BCUT2D eigenvalue weighted by Gasteiger charge is 2.17. The third-order valence-electron chi connectivity index (χ3n) is 2.88. The van der Waals surface area contributed by atoms with Crippen LogP contribution in [-0.2, 0) is 11.2 Å². The maximum atomic E-state index is 12.0. The largest absolute Gasteiger partial charge is 0.349 e. The minimum absolute atomic E-state index is 0.0457. The summed E-state index contributed by atoms with van der Waals surface area (Å²) in [7, 11) is 3.72. The quantitative estimate of drug-likeness (QED) is 0.509. The van der Waals surface area contributed by atoms with E-state index in [1.807, 2.05) is 44.4 Å². The average molecular weight is 264 g/mol. The molecule has 106 valence electrons. The Kier molecular flexibility index (Phi) is 7.10. The Morgan fingerprint density at radius 2 is 1.74 bits per heavy atom. The lowest BCUT2D eigenvalue weighted by molar-refractivity contribution is -0.123. The van der Waals surface area contributed by atoms with Gasteiger partial charge in [0.1, 0.15) is 0 Å². The number of nitrogens with one attached hydrogen (secondary N) is 3. The normalized spacial score (nSPS) is 12.4. The van der Waals surface area contributed by atoms with E-state index < -0.39 is 6.04 Å². The van der Waals surface area contributed by atoms with E-state index in [9.17, 15) is 4.79 Å². The van der Waals surface area contributed by atoms with Gasteiger partial charge in [-0.3, -0.25) is 4.79 Å². The van der Waals surface area contributed by atoms with Gasteiger partial charge in [-0.25, -0.2) is 0 Å². The van der Waals surface area contributed by atoms with Crippen molar-refractivity contribution in [1.29, 1.82) is 0 Å². The summed E-state index contributed by atoms with van der Waals surface area (Å²) in [5.41, 5.74) is 7.01. The average Bonchev–Trinajstić information content (AvgIpc) is 2.40. The molecular weight excluding hydrogens is 240 g/mol. The van der Waals surface area contributed by atoms with Crippen molar-refractivity contribution in [3.05, 3.63) is 35.9 Å². The van der Waals surface area contributed by atoms with Crippen molar-refractivity contribution in [2.75, 3.05) is 27.2 Å². The van der Waals surface area contributed by atoms with Gasteiger partial charge in [0.15, 0.2) is 0 Å². The van der Waals surface area contributed by atoms with E-state index in [0.717, 1.165) is 5.56 Å². The highest BCUT2D eigenvalue weighted by Crippen LogP contribution is 2.02. The van der Waals surface area contributed by atoms with Gasteiger partial charge in [-0.05, 0) is 26.1 Å². The fraction of sp³-hybridized carbons (Fsp3) is 0.500. The molecule has 0 spiro atoms. The monoisotopic (exact) mass is 264 g/mol. The van der Waals surface area contributed by atoms with Gasteiger partial charge in [0.25, 0.3) is 0 Å². The molecule has 5 heteroatoms. The molecule has 1 aromatic rings. The number of likely N-dealkylation sites (N-methyl/N-ethyl adjacent to an activating group) is 2. The molecule has 0 aromatic heterocycles. The van der Waals surface area contributed by atoms with Crippen LogP contribution in [0.15, 0.2) is 30.3 Å². The van der Waals surface area contributed by atoms with Crippen LogP contribution in [0.1, 0.15) is 5.56 Å². The first kappa shape index (κ1) is 15.6. The fourth-order valence-electron chi connectivity index (χ4n) is 1.94. The molecule has 5 N–H and O–H groups in total. The first-order valence-electron chi connectivity index (χ1n) is 6.56. The summed E-state index contributed by atoms with van der Waals surface area (Å²) in [4.78, 5) is 12.0. The van der Waals surface area contributed by atoms with Crippen LogP contribution in [-0.4, -0.2) is 45.2 Å². The molecule has 0 aliphatic rings. The van der Waals surface area contributed by atoms with E-state index in [1.165, 1.54) is 0 Å². The SMILES string of the molecule is CNCC(CNC)NC(=O)[C@@H](N)Cc1ccccc1. The molecule has 5 nitrogen and oxygen atoms in total. The molecule has 0 bridgehead atoms. The number of nitrogens with two attached hydrogens (primary N) is 1. The Morgan fingerprint density at radius 1 is 1.16 bits per heavy atom. The molecular formula is C14H24N4O. The number of carbonyl (C=O) groups is 1. The van der Waals surface area contributed by atoms with Gasteiger partial charge in [0.2, 0.25) is 5.91 Å². The molecule has 0 aliphatic carbocycles. The lowest BCUT2D eigenvalue weighted by Crippen LogP contribution is -2.52. The van der Waals surface area contributed by atoms with Gasteiger partial charge in [-0.1, -0.05) is 30.3 Å². The van der Waals surface area contributed by atoms with E-state index in [1.54, 1.807) is 0 Å². The minimum Gasteiger partial charge on any atom is -0.349 e. The van der Waals surface area contributed by atoms with Gasteiger partial charge in [-0.2, -0.15) is 0 Å². The zero-order valence-corrected chi connectivity index (χ0v) is 11.6. The summed E-state index contributed by atoms with van der Waals surface area (Å²) >= 11 is 0. The number of benzene rings is 1. The zero-order valence-electron chi connectivity index (χ0n) is 11.6. The van der Waals surface area contributed by atoms with Gasteiger partial charge < -0.3 is 21.7 Å². The standard InChI is InChI=1S/C14H24N4O/c1-16-9-12(10-17-2)18-14(19)13(15)8-11-6-4-3-5-7-11/h3-7,12-13,16-17H,8-10,15H2,1-2H3,(H,18,19)/t13-/m0/s1. The van der Waals surface area contributed by atoms with Crippen molar-refractivity contribution in [2.45, 2.75) is 18.5 Å². The Balaban J connectivity index is 2.47. The van der Waals surface area contributed by atoms with Crippen molar-refractivity contribution < 1.29 is 4.79 Å². The van der Waals surface area contributed by atoms with E-state index in [4.69, 9.17) is 5.73 Å². The third-order valence-corrected chi connectivity index (χ3v) is 2.88. The fourth-order valence-corrected chi connectivity index (χ4v) is 1.94. The zero-order chi connectivity index (χ0) is 14.1. The second-order valence-electron chi connectivity index (χ2n) is 4.62. The third kappa shape index (κ3) is 5.83. The molecule has 1 rings (SSSR count). The Labute approximate surface area is 115 Å². The summed E-state index contributed by atoms with van der Waals surface area (Å²) in [5, 5.41) is 9.05. The summed E-state index contributed by atoms with van der Waals surface area (Å²) in [5.74, 6) is -0.112. The molecule has 0 unspecified atom stereocenters. The smallest absolute Gasteiger partial charge is 0.237 e. The van der Waals surface area contributed by atoms with Gasteiger partial charge in [0, 0.05) is 13.1 Å². The van der Waals surface area contributed by atoms with E-state index in [0.29, 0.717) is 19.5 Å². The summed E-state index contributed by atoms with van der Waals surface area (Å²) in [6, 6.07) is 9.33. The van der Waals surface area contributed by atoms with E-state index in [2.05, 4.69) is 16.0 Å². The second-order valence-corrected chi connectivity index (χ2v) is 4.62. The molecule has 0 saturated heterocycles. The molecule has 0 radical (unpaired) electrons. The van der Waals surface area contributed by atoms with Gasteiger partial charge in [-0.15, -0.1) is 0 Å². The maximum Gasteiger partial charge on any atom is 0.237 e. The lowest BCUT2D eigenvalue weighted by atomic mass is 10.1. The van der Waals surface area contributed by atoms with Crippen LogP contribution in [0.3, 0.4) is 0 Å². The number of hydrogen-bond acceptors (Lipinski definition) is 4. The molecule has 0 fully saturated rings. The van der Waals surface area contributed by atoms with Crippen molar-refractivity contribution in [3.63, 3.8) is 0 Å². The number of rotatable bonds is 8. The van der Waals surface area contributed by atoms with Gasteiger partial charge >= 0.3 is 0 Å². The van der Waals surface area contributed by atoms with E-state index in [-0.39, 0.29) is 11.9 Å². The molecule has 1 aromatic carbocycles. The Hall–Kier alpha value is -1.43. The first-order chi connectivity index (χ1) is 9.17. The predicted molar refractivity (Wildman–Crippen MR) is 77.9 cm³/mol. The lowest BCUT2D eigenvalue weighted by Gasteiger charge is -2.20. The predicted octanol–water partition coefficient (Wildman–Crippen LogP) is -0.520. The second kappa shape index (κ2) is 8.63.